The van der Waals surface area contributed by atoms with E-state index in [4.69, 9.17) is 9.47 Å². The van der Waals surface area contributed by atoms with Gasteiger partial charge in [0.25, 0.3) is 0 Å². The first-order valence-electron chi connectivity index (χ1n) is 7.97. The van der Waals surface area contributed by atoms with Crippen molar-refractivity contribution in [3.63, 3.8) is 0 Å². The zero-order valence-electron chi connectivity index (χ0n) is 14.4. The fourth-order valence-electron chi connectivity index (χ4n) is 2.23. The second-order valence-corrected chi connectivity index (χ2v) is 5.47. The molecule has 6 nitrogen and oxygen atoms in total. The van der Waals surface area contributed by atoms with Crippen LogP contribution in [-0.2, 0) is 16.1 Å². The second kappa shape index (κ2) is 9.32. The molecule has 0 saturated heterocycles. The highest BCUT2D eigenvalue weighted by atomic mass is 16.5. The number of benzene rings is 2. The molecule has 0 atom stereocenters. The first-order valence-corrected chi connectivity index (χ1v) is 7.97. The standard InChI is InChI=1S/C19H22N2O4/c1-14-8-9-17(24-2)15(12-14)13-25-18(22)10-11-20-19(23)21-16-6-4-3-5-7-16/h3-9,12H,10-11,13H2,1-2H3,(H2,20,21,23). The Morgan fingerprint density at radius 3 is 2.56 bits per heavy atom. The summed E-state index contributed by atoms with van der Waals surface area (Å²) in [5, 5.41) is 5.29. The van der Waals surface area contributed by atoms with Crippen LogP contribution in [0, 0.1) is 6.92 Å². The van der Waals surface area contributed by atoms with Gasteiger partial charge in [-0.15, -0.1) is 0 Å². The molecule has 2 aromatic carbocycles. The number of aryl methyl sites for hydroxylation is 1. The Hall–Kier alpha value is -3.02. The number of methoxy groups -OCH3 is 1. The topological polar surface area (TPSA) is 76.7 Å². The number of ether oxygens (including phenoxy) is 2. The van der Waals surface area contributed by atoms with Crippen LogP contribution >= 0.6 is 0 Å². The van der Waals surface area contributed by atoms with E-state index in [9.17, 15) is 9.59 Å². The predicted molar refractivity (Wildman–Crippen MR) is 95.6 cm³/mol. The number of hydrogen-bond donors (Lipinski definition) is 2. The molecular formula is C19H22N2O4. The zero-order chi connectivity index (χ0) is 18.1. The normalized spacial score (nSPS) is 10.0. The molecule has 2 aromatic rings. The number of carbonyl (C=O) groups excluding carboxylic acids is 2. The van der Waals surface area contributed by atoms with E-state index in [1.807, 2.05) is 43.3 Å². The lowest BCUT2D eigenvalue weighted by molar-refractivity contribution is -0.144. The number of amides is 2. The minimum absolute atomic E-state index is 0.0936. The Labute approximate surface area is 147 Å². The average molecular weight is 342 g/mol. The van der Waals surface area contributed by atoms with E-state index in [-0.39, 0.29) is 31.6 Å². The lowest BCUT2D eigenvalue weighted by Gasteiger charge is -2.11. The van der Waals surface area contributed by atoms with Gasteiger partial charge in [-0.3, -0.25) is 4.79 Å². The third-order valence-electron chi connectivity index (χ3n) is 3.47. The number of para-hydroxylation sites is 1. The van der Waals surface area contributed by atoms with Gasteiger partial charge in [0.05, 0.1) is 13.5 Å². The van der Waals surface area contributed by atoms with E-state index in [0.717, 1.165) is 11.1 Å². The number of hydrogen-bond acceptors (Lipinski definition) is 4. The van der Waals surface area contributed by atoms with Crippen LogP contribution in [0.5, 0.6) is 5.75 Å². The van der Waals surface area contributed by atoms with Gasteiger partial charge < -0.3 is 20.1 Å². The SMILES string of the molecule is COc1ccc(C)cc1COC(=O)CCNC(=O)Nc1ccccc1. The predicted octanol–water partition coefficient (Wildman–Crippen LogP) is 3.26. The van der Waals surface area contributed by atoms with Gasteiger partial charge in [0.2, 0.25) is 0 Å². The first kappa shape index (κ1) is 18.3. The minimum atomic E-state index is -0.386. The highest BCUT2D eigenvalue weighted by molar-refractivity contribution is 5.89. The van der Waals surface area contributed by atoms with E-state index in [2.05, 4.69) is 10.6 Å². The van der Waals surface area contributed by atoms with Crippen molar-refractivity contribution in [1.29, 1.82) is 0 Å². The van der Waals surface area contributed by atoms with Crippen molar-refractivity contribution in [2.75, 3.05) is 19.0 Å². The summed E-state index contributed by atoms with van der Waals surface area (Å²) in [7, 11) is 1.57. The summed E-state index contributed by atoms with van der Waals surface area (Å²) in [6.07, 6.45) is 0.0936. The highest BCUT2D eigenvalue weighted by Gasteiger charge is 2.09. The molecule has 0 heterocycles. The molecule has 2 rings (SSSR count). The first-order chi connectivity index (χ1) is 12.1. The maximum Gasteiger partial charge on any atom is 0.319 e. The van der Waals surface area contributed by atoms with Gasteiger partial charge in [-0.2, -0.15) is 0 Å². The molecule has 0 unspecified atom stereocenters. The molecule has 0 fully saturated rings. The van der Waals surface area contributed by atoms with Crippen LogP contribution in [-0.4, -0.2) is 25.7 Å². The van der Waals surface area contributed by atoms with Gasteiger partial charge in [-0.1, -0.05) is 29.8 Å². The summed E-state index contributed by atoms with van der Waals surface area (Å²) in [6, 6.07) is 14.4. The van der Waals surface area contributed by atoms with E-state index in [1.165, 1.54) is 0 Å². The third kappa shape index (κ3) is 6.18. The Balaban J connectivity index is 1.70. The maximum atomic E-state index is 11.8. The van der Waals surface area contributed by atoms with Crippen LogP contribution in [0.2, 0.25) is 0 Å². The van der Waals surface area contributed by atoms with Gasteiger partial charge in [-0.25, -0.2) is 4.79 Å². The van der Waals surface area contributed by atoms with Crippen molar-refractivity contribution >= 4 is 17.7 Å². The Morgan fingerprint density at radius 1 is 1.08 bits per heavy atom. The number of carbonyl (C=O) groups is 2. The lowest BCUT2D eigenvalue weighted by atomic mass is 10.1. The van der Waals surface area contributed by atoms with Gasteiger partial charge in [0, 0.05) is 17.8 Å². The molecule has 2 amide bonds. The molecule has 0 aliphatic heterocycles. The fourth-order valence-corrected chi connectivity index (χ4v) is 2.23. The van der Waals surface area contributed by atoms with E-state index in [1.54, 1.807) is 19.2 Å². The maximum absolute atomic E-state index is 11.8. The second-order valence-electron chi connectivity index (χ2n) is 5.47. The molecule has 6 heteroatoms. The smallest absolute Gasteiger partial charge is 0.319 e. The number of urea groups is 1. The van der Waals surface area contributed by atoms with Crippen LogP contribution in [0.4, 0.5) is 10.5 Å². The molecule has 25 heavy (non-hydrogen) atoms. The molecule has 0 aliphatic rings. The fraction of sp³-hybridized carbons (Fsp3) is 0.263. The summed E-state index contributed by atoms with van der Waals surface area (Å²) in [5.41, 5.74) is 2.56. The van der Waals surface area contributed by atoms with Crippen molar-refractivity contribution in [2.45, 2.75) is 20.0 Å². The van der Waals surface area contributed by atoms with Gasteiger partial charge in [-0.05, 0) is 31.2 Å². The van der Waals surface area contributed by atoms with Crippen LogP contribution in [0.25, 0.3) is 0 Å². The summed E-state index contributed by atoms with van der Waals surface area (Å²) in [5.74, 6) is 0.294. The summed E-state index contributed by atoms with van der Waals surface area (Å²) >= 11 is 0. The molecular weight excluding hydrogens is 320 g/mol. The Morgan fingerprint density at radius 2 is 1.84 bits per heavy atom. The molecule has 0 spiro atoms. The molecule has 0 radical (unpaired) electrons. The Bertz CT molecular complexity index is 717. The molecule has 0 bridgehead atoms. The van der Waals surface area contributed by atoms with Crippen molar-refractivity contribution < 1.29 is 19.1 Å². The lowest BCUT2D eigenvalue weighted by Crippen LogP contribution is -2.30. The monoisotopic (exact) mass is 342 g/mol. The van der Waals surface area contributed by atoms with Gasteiger partial charge >= 0.3 is 12.0 Å². The molecule has 0 aromatic heterocycles. The molecule has 0 aliphatic carbocycles. The van der Waals surface area contributed by atoms with Crippen molar-refractivity contribution in [3.05, 3.63) is 59.7 Å². The number of esters is 1. The third-order valence-corrected chi connectivity index (χ3v) is 3.47. The van der Waals surface area contributed by atoms with Crippen LogP contribution in [0.15, 0.2) is 48.5 Å². The molecule has 0 saturated carbocycles. The van der Waals surface area contributed by atoms with E-state index in [0.29, 0.717) is 11.4 Å². The van der Waals surface area contributed by atoms with E-state index >= 15 is 0 Å². The van der Waals surface area contributed by atoms with Crippen molar-refractivity contribution in [1.82, 2.24) is 5.32 Å². The molecule has 2 N–H and O–H groups in total. The van der Waals surface area contributed by atoms with Gasteiger partial charge in [0.1, 0.15) is 12.4 Å². The quantitative estimate of drug-likeness (QED) is 0.757. The zero-order valence-corrected chi connectivity index (χ0v) is 14.4. The highest BCUT2D eigenvalue weighted by Crippen LogP contribution is 2.20. The van der Waals surface area contributed by atoms with Crippen LogP contribution in [0.1, 0.15) is 17.5 Å². The average Bonchev–Trinajstić information content (AvgIpc) is 2.61. The summed E-state index contributed by atoms with van der Waals surface area (Å²) in [6.45, 7) is 2.29. The summed E-state index contributed by atoms with van der Waals surface area (Å²) in [4.78, 5) is 23.5. The van der Waals surface area contributed by atoms with Crippen molar-refractivity contribution in [2.24, 2.45) is 0 Å². The van der Waals surface area contributed by atoms with E-state index < -0.39 is 0 Å². The minimum Gasteiger partial charge on any atom is -0.496 e. The number of nitrogens with one attached hydrogen (secondary N) is 2. The van der Waals surface area contributed by atoms with Gasteiger partial charge in [0.15, 0.2) is 0 Å². The van der Waals surface area contributed by atoms with Crippen LogP contribution < -0.4 is 15.4 Å². The molecule has 132 valence electrons. The largest absolute Gasteiger partial charge is 0.496 e. The number of anilines is 1. The summed E-state index contributed by atoms with van der Waals surface area (Å²) < 4.78 is 10.5. The van der Waals surface area contributed by atoms with Crippen LogP contribution in [0.3, 0.4) is 0 Å². The Kier molecular flexibility index (Phi) is 6.83. The van der Waals surface area contributed by atoms with Crippen molar-refractivity contribution in [3.8, 4) is 5.75 Å². The number of rotatable bonds is 7.